The second-order valence-corrected chi connectivity index (χ2v) is 11.6. The Kier molecular flexibility index (Phi) is 10.3. The molecule has 1 atom stereocenters. The van der Waals surface area contributed by atoms with Gasteiger partial charge in [-0.2, -0.15) is 0 Å². The van der Waals surface area contributed by atoms with Crippen molar-refractivity contribution in [2.75, 3.05) is 11.9 Å². The highest BCUT2D eigenvalue weighted by Gasteiger charge is 2.33. The van der Waals surface area contributed by atoms with Gasteiger partial charge in [-0.25, -0.2) is 31.1 Å². The number of halogens is 5. The third-order valence-corrected chi connectivity index (χ3v) is 8.79. The third-order valence-electron chi connectivity index (χ3n) is 7.70. The van der Waals surface area contributed by atoms with E-state index in [9.17, 15) is 41.8 Å². The number of nitrogens with zero attached hydrogens (tertiary/aromatic N) is 2. The van der Waals surface area contributed by atoms with Gasteiger partial charge in [-0.05, 0) is 67.4 Å². The molecule has 0 heterocycles. The highest BCUT2D eigenvalue weighted by Crippen LogP contribution is 2.36. The predicted octanol–water partition coefficient (Wildman–Crippen LogP) is 7.78. The summed E-state index contributed by atoms with van der Waals surface area (Å²) in [5, 5.41) is 19.7. The van der Waals surface area contributed by atoms with Crippen molar-refractivity contribution in [2.24, 2.45) is 0 Å². The minimum atomic E-state index is -2.28. The molecule has 1 unspecified atom stereocenters. The molecule has 0 bridgehead atoms. The lowest BCUT2D eigenvalue weighted by molar-refractivity contribution is -0.122. The SMILES string of the molecule is CCC(C(=O)N(Cc1ccc(C2CCCCC2)cc1)c1ccc(C(=O)O)c(O)c1)N(C)Sc1c(F)c(F)c(F)c(F)c1F. The number of likely N-dealkylation sites (N-methyl/N-ethyl adjacent to an activating group) is 1. The van der Waals surface area contributed by atoms with E-state index in [-0.39, 0.29) is 36.2 Å². The summed E-state index contributed by atoms with van der Waals surface area (Å²) in [5.74, 6) is -12.6. The smallest absolute Gasteiger partial charge is 0.339 e. The normalized spacial score (nSPS) is 14.6. The number of carbonyl (C=O) groups excluding carboxylic acids is 1. The Labute approximate surface area is 250 Å². The molecule has 4 rings (SSSR count). The highest BCUT2D eigenvalue weighted by atomic mass is 32.2. The summed E-state index contributed by atoms with van der Waals surface area (Å²) in [5.41, 5.74) is 1.69. The van der Waals surface area contributed by atoms with E-state index in [1.807, 2.05) is 24.3 Å². The van der Waals surface area contributed by atoms with Gasteiger partial charge in [0.05, 0.1) is 12.6 Å². The number of anilines is 1. The Balaban J connectivity index is 1.66. The average Bonchev–Trinajstić information content (AvgIpc) is 3.00. The molecule has 1 fully saturated rings. The molecular formula is C31H31F5N2O4S. The minimum Gasteiger partial charge on any atom is -0.507 e. The number of amides is 1. The van der Waals surface area contributed by atoms with Crippen LogP contribution in [-0.2, 0) is 11.3 Å². The van der Waals surface area contributed by atoms with Crippen LogP contribution in [0.15, 0.2) is 47.4 Å². The molecule has 1 aliphatic carbocycles. The summed E-state index contributed by atoms with van der Waals surface area (Å²) in [6.07, 6.45) is 5.83. The lowest BCUT2D eigenvalue weighted by Crippen LogP contribution is -2.44. The van der Waals surface area contributed by atoms with Crippen molar-refractivity contribution in [1.82, 2.24) is 4.31 Å². The van der Waals surface area contributed by atoms with Crippen molar-refractivity contribution in [3.63, 3.8) is 0 Å². The van der Waals surface area contributed by atoms with Gasteiger partial charge in [-0.15, -0.1) is 0 Å². The summed E-state index contributed by atoms with van der Waals surface area (Å²) >= 11 is 0.203. The molecule has 1 saturated carbocycles. The van der Waals surface area contributed by atoms with Crippen LogP contribution in [0.3, 0.4) is 0 Å². The molecule has 0 aromatic heterocycles. The number of carboxylic acid groups (broad SMARTS) is 1. The molecule has 43 heavy (non-hydrogen) atoms. The molecule has 1 amide bonds. The molecule has 3 aromatic rings. The number of carbonyl (C=O) groups is 2. The standard InChI is InChI=1S/C31H31F5N2O4S/c1-3-22(37(2)43-29-27(35)25(33)24(32)26(34)28(29)36)30(40)38(20-13-14-21(31(41)42)23(39)15-20)16-17-9-11-19(12-10-17)18-7-5-4-6-8-18/h9-15,18,22,39H,3-8,16H2,1-2H3,(H,41,42). The molecule has 3 aromatic carbocycles. The zero-order valence-electron chi connectivity index (χ0n) is 23.5. The van der Waals surface area contributed by atoms with Crippen LogP contribution < -0.4 is 4.90 Å². The lowest BCUT2D eigenvalue weighted by atomic mass is 9.84. The number of benzene rings is 3. The van der Waals surface area contributed by atoms with Gasteiger partial charge in [0.2, 0.25) is 11.7 Å². The first-order valence-electron chi connectivity index (χ1n) is 13.8. The van der Waals surface area contributed by atoms with Crippen LogP contribution in [0.5, 0.6) is 5.75 Å². The van der Waals surface area contributed by atoms with Gasteiger partial charge >= 0.3 is 5.97 Å². The van der Waals surface area contributed by atoms with E-state index in [0.29, 0.717) is 5.92 Å². The lowest BCUT2D eigenvalue weighted by Gasteiger charge is -2.32. The molecule has 2 N–H and O–H groups in total. The van der Waals surface area contributed by atoms with E-state index in [4.69, 9.17) is 0 Å². The number of aromatic carboxylic acids is 1. The molecular weight excluding hydrogens is 591 g/mol. The van der Waals surface area contributed by atoms with Gasteiger partial charge in [-0.3, -0.25) is 4.79 Å². The van der Waals surface area contributed by atoms with Crippen molar-refractivity contribution >= 4 is 29.5 Å². The quantitative estimate of drug-likeness (QED) is 0.104. The Morgan fingerprint density at radius 1 is 0.907 bits per heavy atom. The van der Waals surface area contributed by atoms with E-state index in [1.54, 1.807) is 6.92 Å². The minimum absolute atomic E-state index is 0.00677. The van der Waals surface area contributed by atoms with Gasteiger partial charge in [-0.1, -0.05) is 50.5 Å². The second kappa shape index (κ2) is 13.8. The zero-order chi connectivity index (χ0) is 31.4. The van der Waals surface area contributed by atoms with E-state index < -0.39 is 57.6 Å². The maximum atomic E-state index is 14.4. The molecule has 0 radical (unpaired) electrons. The first-order valence-corrected chi connectivity index (χ1v) is 14.6. The molecule has 0 spiro atoms. The van der Waals surface area contributed by atoms with Crippen LogP contribution in [0, 0.1) is 29.1 Å². The molecule has 230 valence electrons. The fraction of sp³-hybridized carbons (Fsp3) is 0.355. The van der Waals surface area contributed by atoms with Crippen LogP contribution in [0.25, 0.3) is 0 Å². The molecule has 0 aliphatic heterocycles. The Morgan fingerprint density at radius 3 is 2.02 bits per heavy atom. The maximum absolute atomic E-state index is 14.4. The fourth-order valence-corrected chi connectivity index (χ4v) is 6.31. The summed E-state index contributed by atoms with van der Waals surface area (Å²) in [6.45, 7) is 1.60. The van der Waals surface area contributed by atoms with Crippen LogP contribution in [0.2, 0.25) is 0 Å². The Hall–Kier alpha value is -3.64. The van der Waals surface area contributed by atoms with E-state index >= 15 is 0 Å². The van der Waals surface area contributed by atoms with Crippen molar-refractivity contribution in [2.45, 2.75) is 68.8 Å². The number of hydrogen-bond donors (Lipinski definition) is 2. The number of carboxylic acids is 1. The van der Waals surface area contributed by atoms with Crippen LogP contribution >= 0.6 is 11.9 Å². The summed E-state index contributed by atoms with van der Waals surface area (Å²) < 4.78 is 71.2. The van der Waals surface area contributed by atoms with Gasteiger partial charge < -0.3 is 15.1 Å². The first-order chi connectivity index (χ1) is 20.4. The highest BCUT2D eigenvalue weighted by molar-refractivity contribution is 7.97. The van der Waals surface area contributed by atoms with Crippen LogP contribution in [-0.4, -0.2) is 39.5 Å². The van der Waals surface area contributed by atoms with Gasteiger partial charge in [0.1, 0.15) is 16.2 Å². The van der Waals surface area contributed by atoms with Gasteiger partial charge in [0, 0.05) is 11.8 Å². The maximum Gasteiger partial charge on any atom is 0.339 e. The Morgan fingerprint density at radius 2 is 1.49 bits per heavy atom. The van der Waals surface area contributed by atoms with Crippen molar-refractivity contribution in [3.8, 4) is 5.75 Å². The Bertz CT molecular complexity index is 1470. The van der Waals surface area contributed by atoms with Crippen LogP contribution in [0.4, 0.5) is 27.6 Å². The largest absolute Gasteiger partial charge is 0.507 e. The first kappa shape index (κ1) is 32.3. The summed E-state index contributed by atoms with van der Waals surface area (Å²) in [4.78, 5) is 25.6. The second-order valence-electron chi connectivity index (χ2n) is 10.5. The van der Waals surface area contributed by atoms with Crippen molar-refractivity contribution < 1.29 is 41.8 Å². The van der Waals surface area contributed by atoms with Gasteiger partial charge in [0.25, 0.3) is 0 Å². The van der Waals surface area contributed by atoms with Crippen molar-refractivity contribution in [3.05, 3.63) is 88.2 Å². The van der Waals surface area contributed by atoms with E-state index in [2.05, 4.69) is 0 Å². The molecule has 6 nitrogen and oxygen atoms in total. The predicted molar refractivity (Wildman–Crippen MR) is 152 cm³/mol. The number of phenols is 1. The van der Waals surface area contributed by atoms with E-state index in [0.717, 1.165) is 34.8 Å². The molecule has 0 saturated heterocycles. The summed E-state index contributed by atoms with van der Waals surface area (Å²) in [6, 6.07) is 10.3. The number of aromatic hydroxyl groups is 1. The molecule has 1 aliphatic rings. The van der Waals surface area contributed by atoms with Crippen molar-refractivity contribution in [1.29, 1.82) is 0 Å². The fourth-order valence-electron chi connectivity index (χ4n) is 5.32. The van der Waals surface area contributed by atoms with Crippen LogP contribution in [0.1, 0.15) is 72.9 Å². The van der Waals surface area contributed by atoms with Gasteiger partial charge in [0.15, 0.2) is 23.3 Å². The zero-order valence-corrected chi connectivity index (χ0v) is 24.4. The average molecular weight is 623 g/mol. The van der Waals surface area contributed by atoms with E-state index in [1.165, 1.54) is 42.8 Å². The number of hydrogen-bond acceptors (Lipinski definition) is 5. The number of rotatable bonds is 10. The topological polar surface area (TPSA) is 81.1 Å². The summed E-state index contributed by atoms with van der Waals surface area (Å²) in [7, 11) is 1.29. The monoisotopic (exact) mass is 622 g/mol. The molecule has 12 heteroatoms. The third kappa shape index (κ3) is 6.96.